The molecule has 1 heterocycles. The predicted octanol–water partition coefficient (Wildman–Crippen LogP) is 6.05. The third-order valence-electron chi connectivity index (χ3n) is 7.08. The van der Waals surface area contributed by atoms with E-state index in [9.17, 15) is 27.6 Å². The summed E-state index contributed by atoms with van der Waals surface area (Å²) in [6.45, 7) is -0.480. The number of carbonyl (C=O) groups excluding carboxylic acids is 3. The van der Waals surface area contributed by atoms with Crippen LogP contribution < -0.4 is 4.74 Å². The van der Waals surface area contributed by atoms with Gasteiger partial charge in [-0.15, -0.1) is 0 Å². The summed E-state index contributed by atoms with van der Waals surface area (Å²) >= 11 is 0. The number of hydrogen-bond donors (Lipinski definition) is 0. The third-order valence-corrected chi connectivity index (χ3v) is 7.08. The molecular formula is C31H25F3O6. The number of carbonyl (C=O) groups is 3. The minimum absolute atomic E-state index is 0.0858. The first kappa shape index (κ1) is 27.2. The average molecular weight is 551 g/mol. The minimum atomic E-state index is -4.53. The normalized spacial score (nSPS) is 22.1. The molecule has 1 aliphatic heterocycles. The first-order chi connectivity index (χ1) is 19.2. The molecule has 40 heavy (non-hydrogen) atoms. The van der Waals surface area contributed by atoms with Gasteiger partial charge in [-0.1, -0.05) is 54.6 Å². The Morgan fingerprint density at radius 3 is 2.40 bits per heavy atom. The number of hydrogen-bond acceptors (Lipinski definition) is 6. The van der Waals surface area contributed by atoms with Crippen molar-refractivity contribution in [1.29, 1.82) is 0 Å². The molecule has 0 unspecified atom stereocenters. The molecule has 0 N–H and O–H groups in total. The van der Waals surface area contributed by atoms with Crippen molar-refractivity contribution >= 4 is 17.7 Å². The largest absolute Gasteiger partial charge is 0.485 e. The van der Waals surface area contributed by atoms with Crippen molar-refractivity contribution in [2.75, 3.05) is 6.61 Å². The summed E-state index contributed by atoms with van der Waals surface area (Å²) < 4.78 is 55.2. The van der Waals surface area contributed by atoms with Gasteiger partial charge in [0.1, 0.15) is 18.0 Å². The summed E-state index contributed by atoms with van der Waals surface area (Å²) in [5.41, 5.74) is 1.45. The van der Waals surface area contributed by atoms with Crippen LogP contribution in [0.2, 0.25) is 0 Å². The SMILES string of the molecule is O=C(/C=C/[C@H]1[C@@H]2CC(=O)O[C@@H]2C[C@H]1OC(=O)c1ccc(-c2ccccc2)cc1)COc1cccc(C(F)(F)F)c1. The Hall–Kier alpha value is -4.40. The van der Waals surface area contributed by atoms with Gasteiger partial charge in [0.15, 0.2) is 12.4 Å². The lowest BCUT2D eigenvalue weighted by Gasteiger charge is -2.20. The zero-order chi connectivity index (χ0) is 28.3. The molecule has 0 aromatic heterocycles. The van der Waals surface area contributed by atoms with Gasteiger partial charge in [-0.2, -0.15) is 13.2 Å². The monoisotopic (exact) mass is 550 g/mol. The minimum Gasteiger partial charge on any atom is -0.485 e. The molecule has 0 bridgehead atoms. The molecule has 6 nitrogen and oxygen atoms in total. The maximum atomic E-state index is 13.0. The molecule has 2 aliphatic rings. The fourth-order valence-electron chi connectivity index (χ4n) is 5.11. The molecule has 0 spiro atoms. The van der Waals surface area contributed by atoms with E-state index in [2.05, 4.69) is 0 Å². The second-order valence-corrected chi connectivity index (χ2v) is 9.74. The second kappa shape index (κ2) is 11.4. The van der Waals surface area contributed by atoms with Crippen LogP contribution in [-0.4, -0.2) is 36.5 Å². The highest BCUT2D eigenvalue weighted by atomic mass is 19.4. The van der Waals surface area contributed by atoms with E-state index < -0.39 is 48.2 Å². The van der Waals surface area contributed by atoms with Crippen LogP contribution in [0.5, 0.6) is 5.75 Å². The zero-order valence-corrected chi connectivity index (χ0v) is 21.2. The van der Waals surface area contributed by atoms with Crippen molar-refractivity contribution in [3.05, 3.63) is 102 Å². The van der Waals surface area contributed by atoms with Crippen LogP contribution in [0.25, 0.3) is 11.1 Å². The number of rotatable bonds is 8. The Bertz CT molecular complexity index is 1410. The Kier molecular flexibility index (Phi) is 7.73. The smallest absolute Gasteiger partial charge is 0.416 e. The number of ether oxygens (including phenoxy) is 3. The van der Waals surface area contributed by atoms with Gasteiger partial charge in [0.05, 0.1) is 17.5 Å². The maximum absolute atomic E-state index is 13.0. The summed E-state index contributed by atoms with van der Waals surface area (Å²) in [4.78, 5) is 37.3. The van der Waals surface area contributed by atoms with E-state index in [1.54, 1.807) is 18.2 Å². The van der Waals surface area contributed by atoms with E-state index in [0.29, 0.717) is 12.0 Å². The second-order valence-electron chi connectivity index (χ2n) is 9.74. The highest BCUT2D eigenvalue weighted by molar-refractivity contribution is 5.91. The van der Waals surface area contributed by atoms with Crippen molar-refractivity contribution in [3.8, 4) is 16.9 Å². The first-order valence-corrected chi connectivity index (χ1v) is 12.7. The Balaban J connectivity index is 1.23. The number of alkyl halides is 3. The summed E-state index contributed by atoms with van der Waals surface area (Å²) in [5, 5.41) is 0. The van der Waals surface area contributed by atoms with Crippen molar-refractivity contribution in [3.63, 3.8) is 0 Å². The molecule has 1 saturated heterocycles. The number of benzene rings is 3. The fraction of sp³-hybridized carbons (Fsp3) is 0.258. The molecule has 3 aromatic carbocycles. The molecular weight excluding hydrogens is 525 g/mol. The molecule has 0 radical (unpaired) electrons. The van der Waals surface area contributed by atoms with E-state index >= 15 is 0 Å². The van der Waals surface area contributed by atoms with Crippen LogP contribution in [0.3, 0.4) is 0 Å². The predicted molar refractivity (Wildman–Crippen MR) is 138 cm³/mol. The first-order valence-electron chi connectivity index (χ1n) is 12.7. The van der Waals surface area contributed by atoms with Crippen LogP contribution in [0.4, 0.5) is 13.2 Å². The summed E-state index contributed by atoms with van der Waals surface area (Å²) in [6, 6.07) is 21.0. The number of fused-ring (bicyclic) bond motifs is 1. The topological polar surface area (TPSA) is 78.9 Å². The molecule has 1 aliphatic carbocycles. The molecule has 2 fully saturated rings. The van der Waals surface area contributed by atoms with Crippen molar-refractivity contribution < 1.29 is 41.8 Å². The Morgan fingerprint density at radius 2 is 1.68 bits per heavy atom. The number of halogens is 3. The van der Waals surface area contributed by atoms with Gasteiger partial charge < -0.3 is 14.2 Å². The molecule has 4 atom stereocenters. The highest BCUT2D eigenvalue weighted by Crippen LogP contribution is 2.43. The molecule has 9 heteroatoms. The molecule has 5 rings (SSSR count). The van der Waals surface area contributed by atoms with Crippen LogP contribution in [0, 0.1) is 11.8 Å². The zero-order valence-electron chi connectivity index (χ0n) is 21.2. The van der Waals surface area contributed by atoms with E-state index in [4.69, 9.17) is 14.2 Å². The van der Waals surface area contributed by atoms with E-state index in [1.807, 2.05) is 42.5 Å². The average Bonchev–Trinajstić information content (AvgIpc) is 3.46. The third kappa shape index (κ3) is 6.25. The van der Waals surface area contributed by atoms with E-state index in [-0.39, 0.29) is 24.1 Å². The van der Waals surface area contributed by atoms with Gasteiger partial charge in [0.2, 0.25) is 0 Å². The number of ketones is 1. The lowest BCUT2D eigenvalue weighted by Crippen LogP contribution is -2.25. The van der Waals surface area contributed by atoms with E-state index in [0.717, 1.165) is 23.3 Å². The van der Waals surface area contributed by atoms with Crippen LogP contribution in [0.15, 0.2) is 91.0 Å². The van der Waals surface area contributed by atoms with Gasteiger partial charge >= 0.3 is 18.1 Å². The van der Waals surface area contributed by atoms with Crippen molar-refractivity contribution in [2.24, 2.45) is 11.8 Å². The van der Waals surface area contributed by atoms with E-state index in [1.165, 1.54) is 18.2 Å². The lowest BCUT2D eigenvalue weighted by molar-refractivity contribution is -0.142. The quantitative estimate of drug-likeness (QED) is 0.251. The number of esters is 2. The standard InChI is InChI=1S/C31H25F3O6/c32-31(33,34)22-7-4-8-24(15-22)38-18-23(35)13-14-25-26-16-29(36)39-28(26)17-27(25)40-30(37)21-11-9-20(10-12-21)19-5-2-1-3-6-19/h1-15,25-28H,16-18H2/b14-13+/t25-,26-,27+,28+/m0/s1. The van der Waals surface area contributed by atoms with Gasteiger partial charge in [-0.25, -0.2) is 4.79 Å². The van der Waals surface area contributed by atoms with Crippen LogP contribution >= 0.6 is 0 Å². The van der Waals surface area contributed by atoms with Gasteiger partial charge in [-0.3, -0.25) is 9.59 Å². The highest BCUT2D eigenvalue weighted by Gasteiger charge is 2.50. The van der Waals surface area contributed by atoms with Gasteiger partial charge in [-0.05, 0) is 47.5 Å². The summed E-state index contributed by atoms with van der Waals surface area (Å²) in [7, 11) is 0. The van der Waals surface area contributed by atoms with Crippen LogP contribution in [-0.2, 0) is 25.2 Å². The summed E-state index contributed by atoms with van der Waals surface area (Å²) in [6.07, 6.45) is -2.34. The fourth-order valence-corrected chi connectivity index (χ4v) is 5.11. The molecule has 0 amide bonds. The Labute approximate surface area is 228 Å². The molecule has 206 valence electrons. The maximum Gasteiger partial charge on any atom is 0.416 e. The van der Waals surface area contributed by atoms with Gasteiger partial charge in [0.25, 0.3) is 0 Å². The lowest BCUT2D eigenvalue weighted by atomic mass is 9.91. The summed E-state index contributed by atoms with van der Waals surface area (Å²) in [5.74, 6) is -2.19. The van der Waals surface area contributed by atoms with Crippen molar-refractivity contribution in [1.82, 2.24) is 0 Å². The molecule has 1 saturated carbocycles. The van der Waals surface area contributed by atoms with Crippen LogP contribution in [0.1, 0.15) is 28.8 Å². The van der Waals surface area contributed by atoms with Crippen molar-refractivity contribution in [2.45, 2.75) is 31.2 Å². The molecule has 3 aromatic rings. The van der Waals surface area contributed by atoms with Gasteiger partial charge in [0, 0.05) is 18.3 Å². The Morgan fingerprint density at radius 1 is 0.950 bits per heavy atom.